The molecule has 0 fully saturated rings. The van der Waals surface area contributed by atoms with Crippen LogP contribution in [0.2, 0.25) is 5.02 Å². The largest absolute Gasteiger partial charge is 0.480 e. The van der Waals surface area contributed by atoms with Crippen molar-refractivity contribution in [2.45, 2.75) is 33.7 Å². The van der Waals surface area contributed by atoms with Gasteiger partial charge >= 0.3 is 5.97 Å². The molecule has 0 aliphatic rings. The summed E-state index contributed by atoms with van der Waals surface area (Å²) in [5.74, 6) is -0.942. The number of hydrogen-bond donors (Lipinski definition) is 2. The molecule has 3 aromatic rings. The molecule has 3 rings (SSSR count). The third kappa shape index (κ3) is 4.19. The summed E-state index contributed by atoms with van der Waals surface area (Å²) in [5, 5.41) is 17.2. The number of nitrogens with one attached hydrogen (secondary N) is 1. The lowest BCUT2D eigenvalue weighted by molar-refractivity contribution is -0.142. The molecule has 2 heterocycles. The predicted octanol–water partition coefficient (Wildman–Crippen LogP) is 3.85. The van der Waals surface area contributed by atoms with E-state index in [-0.39, 0.29) is 5.69 Å². The molecule has 1 amide bonds. The maximum absolute atomic E-state index is 13.0. The SMILES string of the molecule is Cc1c(C(=O)N[C@H](C(=O)O)C(C)(C)C)nn(-c2ccc(Cl)cc2)c1-n1cccc1. The lowest BCUT2D eigenvalue weighted by atomic mass is 9.86. The van der Waals surface area contributed by atoms with E-state index >= 15 is 0 Å². The first kappa shape index (κ1) is 20.7. The molecule has 0 aliphatic carbocycles. The van der Waals surface area contributed by atoms with Gasteiger partial charge in [0.25, 0.3) is 5.91 Å². The summed E-state index contributed by atoms with van der Waals surface area (Å²) >= 11 is 6.00. The molecule has 0 radical (unpaired) electrons. The lowest BCUT2D eigenvalue weighted by Gasteiger charge is -2.27. The van der Waals surface area contributed by atoms with E-state index < -0.39 is 23.3 Å². The number of nitrogens with zero attached hydrogens (tertiary/aromatic N) is 3. The van der Waals surface area contributed by atoms with Gasteiger partial charge in [-0.25, -0.2) is 9.48 Å². The maximum atomic E-state index is 13.0. The molecular weight excluding hydrogens is 392 g/mol. The molecule has 8 heteroatoms. The van der Waals surface area contributed by atoms with E-state index in [2.05, 4.69) is 10.4 Å². The van der Waals surface area contributed by atoms with E-state index in [1.807, 2.05) is 29.1 Å². The highest BCUT2D eigenvalue weighted by molar-refractivity contribution is 6.30. The molecule has 1 atom stereocenters. The molecular formula is C21H23ClN4O3. The molecule has 7 nitrogen and oxygen atoms in total. The van der Waals surface area contributed by atoms with E-state index in [0.717, 1.165) is 5.69 Å². The number of carbonyl (C=O) groups excluding carboxylic acids is 1. The number of aromatic nitrogens is 3. The van der Waals surface area contributed by atoms with Crippen LogP contribution in [0.4, 0.5) is 0 Å². The number of carboxylic acids is 1. The fraction of sp³-hybridized carbons (Fsp3) is 0.286. The Morgan fingerprint density at radius 2 is 1.72 bits per heavy atom. The Bertz CT molecular complexity index is 1030. The normalized spacial score (nSPS) is 12.6. The Kier molecular flexibility index (Phi) is 5.53. The smallest absolute Gasteiger partial charge is 0.326 e. The number of rotatable bonds is 5. The minimum Gasteiger partial charge on any atom is -0.480 e. The molecule has 0 saturated heterocycles. The number of halogens is 1. The molecule has 2 aromatic heterocycles. The van der Waals surface area contributed by atoms with E-state index in [1.165, 1.54) is 0 Å². The lowest BCUT2D eigenvalue weighted by Crippen LogP contribution is -2.49. The minimum absolute atomic E-state index is 0.166. The quantitative estimate of drug-likeness (QED) is 0.663. The van der Waals surface area contributed by atoms with Crippen LogP contribution < -0.4 is 5.32 Å². The molecule has 0 bridgehead atoms. The van der Waals surface area contributed by atoms with Crippen LogP contribution in [0.5, 0.6) is 0 Å². The fourth-order valence-electron chi connectivity index (χ4n) is 3.09. The van der Waals surface area contributed by atoms with Crippen LogP contribution in [-0.2, 0) is 4.79 Å². The van der Waals surface area contributed by atoms with Gasteiger partial charge in [0.1, 0.15) is 11.9 Å². The first-order valence-corrected chi connectivity index (χ1v) is 9.50. The molecule has 2 N–H and O–H groups in total. The summed E-state index contributed by atoms with van der Waals surface area (Å²) in [5.41, 5.74) is 0.869. The Morgan fingerprint density at radius 3 is 2.24 bits per heavy atom. The third-order valence-electron chi connectivity index (χ3n) is 4.61. The van der Waals surface area contributed by atoms with Crippen LogP contribution in [0.25, 0.3) is 11.5 Å². The van der Waals surface area contributed by atoms with Crippen LogP contribution in [0.1, 0.15) is 36.8 Å². The second-order valence-corrected chi connectivity index (χ2v) is 8.32. The van der Waals surface area contributed by atoms with Crippen molar-refractivity contribution in [3.05, 3.63) is 65.1 Å². The highest BCUT2D eigenvalue weighted by Gasteiger charge is 2.34. The first-order chi connectivity index (χ1) is 13.6. The third-order valence-corrected chi connectivity index (χ3v) is 4.87. The summed E-state index contributed by atoms with van der Waals surface area (Å²) in [6.07, 6.45) is 3.71. The topological polar surface area (TPSA) is 89.2 Å². The van der Waals surface area contributed by atoms with Gasteiger partial charge in [-0.3, -0.25) is 4.79 Å². The highest BCUT2D eigenvalue weighted by Crippen LogP contribution is 2.25. The number of carboxylic acid groups (broad SMARTS) is 1. The van der Waals surface area contributed by atoms with E-state index in [9.17, 15) is 14.7 Å². The average molecular weight is 415 g/mol. The van der Waals surface area contributed by atoms with Gasteiger partial charge in [0.15, 0.2) is 5.69 Å². The fourth-order valence-corrected chi connectivity index (χ4v) is 3.22. The van der Waals surface area contributed by atoms with Crippen molar-refractivity contribution in [1.82, 2.24) is 19.7 Å². The summed E-state index contributed by atoms with van der Waals surface area (Å²) in [6, 6.07) is 9.79. The van der Waals surface area contributed by atoms with Gasteiger partial charge in [-0.2, -0.15) is 5.10 Å². The van der Waals surface area contributed by atoms with Gasteiger partial charge in [-0.05, 0) is 48.7 Å². The molecule has 0 aliphatic heterocycles. The zero-order chi connectivity index (χ0) is 21.3. The second-order valence-electron chi connectivity index (χ2n) is 7.89. The van der Waals surface area contributed by atoms with Gasteiger partial charge in [-0.15, -0.1) is 0 Å². The van der Waals surface area contributed by atoms with Gasteiger partial charge in [0, 0.05) is 23.0 Å². The molecule has 152 valence electrons. The molecule has 1 aromatic carbocycles. The summed E-state index contributed by atoms with van der Waals surface area (Å²) in [7, 11) is 0. The molecule has 29 heavy (non-hydrogen) atoms. The standard InChI is InChI=1S/C21H23ClN4O3/c1-13-16(18(27)23-17(20(28)29)21(2,3)4)24-26(15-9-7-14(22)8-10-15)19(13)25-11-5-6-12-25/h5-12,17H,1-4H3,(H,23,27)(H,28,29)/t17-/m1/s1. The van der Waals surface area contributed by atoms with Crippen molar-refractivity contribution in [3.8, 4) is 11.5 Å². The van der Waals surface area contributed by atoms with E-state index in [0.29, 0.717) is 16.4 Å². The number of aliphatic carboxylic acids is 1. The van der Waals surface area contributed by atoms with Crippen molar-refractivity contribution in [3.63, 3.8) is 0 Å². The van der Waals surface area contributed by atoms with Crippen molar-refractivity contribution >= 4 is 23.5 Å². The van der Waals surface area contributed by atoms with Gasteiger partial charge in [0.2, 0.25) is 0 Å². The summed E-state index contributed by atoms with van der Waals surface area (Å²) in [4.78, 5) is 24.6. The monoisotopic (exact) mass is 414 g/mol. The van der Waals surface area contributed by atoms with Gasteiger partial charge in [-0.1, -0.05) is 32.4 Å². The van der Waals surface area contributed by atoms with Crippen LogP contribution in [0, 0.1) is 12.3 Å². The van der Waals surface area contributed by atoms with Crippen LogP contribution in [-0.4, -0.2) is 37.4 Å². The number of amides is 1. The molecule has 0 unspecified atom stereocenters. The number of carbonyl (C=O) groups is 2. The Morgan fingerprint density at radius 1 is 1.14 bits per heavy atom. The summed E-state index contributed by atoms with van der Waals surface area (Å²) in [6.45, 7) is 7.07. The maximum Gasteiger partial charge on any atom is 0.326 e. The number of hydrogen-bond acceptors (Lipinski definition) is 3. The van der Waals surface area contributed by atoms with E-state index in [4.69, 9.17) is 11.6 Å². The zero-order valence-electron chi connectivity index (χ0n) is 16.7. The Hall–Kier alpha value is -3.06. The van der Waals surface area contributed by atoms with Crippen molar-refractivity contribution in [2.24, 2.45) is 5.41 Å². The Balaban J connectivity index is 2.09. The highest BCUT2D eigenvalue weighted by atomic mass is 35.5. The van der Waals surface area contributed by atoms with Crippen LogP contribution >= 0.6 is 11.6 Å². The van der Waals surface area contributed by atoms with Crippen molar-refractivity contribution in [2.75, 3.05) is 0 Å². The minimum atomic E-state index is -1.09. The number of benzene rings is 1. The van der Waals surface area contributed by atoms with Crippen molar-refractivity contribution < 1.29 is 14.7 Å². The first-order valence-electron chi connectivity index (χ1n) is 9.12. The van der Waals surface area contributed by atoms with Crippen LogP contribution in [0.3, 0.4) is 0 Å². The molecule has 0 spiro atoms. The molecule has 0 saturated carbocycles. The van der Waals surface area contributed by atoms with Crippen LogP contribution in [0.15, 0.2) is 48.8 Å². The van der Waals surface area contributed by atoms with Gasteiger partial charge < -0.3 is 15.0 Å². The van der Waals surface area contributed by atoms with E-state index in [1.54, 1.807) is 56.6 Å². The summed E-state index contributed by atoms with van der Waals surface area (Å²) < 4.78 is 3.50. The van der Waals surface area contributed by atoms with Gasteiger partial charge in [0.05, 0.1) is 5.69 Å². The predicted molar refractivity (Wildman–Crippen MR) is 111 cm³/mol. The average Bonchev–Trinajstić information content (AvgIpc) is 3.26. The van der Waals surface area contributed by atoms with Crippen molar-refractivity contribution in [1.29, 1.82) is 0 Å². The second kappa shape index (κ2) is 7.75. The Labute approximate surface area is 173 Å². The zero-order valence-corrected chi connectivity index (χ0v) is 17.4.